The topological polar surface area (TPSA) is 9.23 Å². The normalized spacial score (nSPS) is 36.2. The van der Waals surface area contributed by atoms with Gasteiger partial charge < -0.3 is 4.74 Å². The minimum absolute atomic E-state index is 0.407. The van der Waals surface area contributed by atoms with E-state index in [9.17, 15) is 0 Å². The maximum atomic E-state index is 5.42. The van der Waals surface area contributed by atoms with E-state index in [4.69, 9.17) is 4.74 Å². The average Bonchev–Trinajstić information content (AvgIpc) is 2.17. The van der Waals surface area contributed by atoms with Crippen LogP contribution in [0.25, 0.3) is 0 Å². The maximum absolute atomic E-state index is 5.42. The van der Waals surface area contributed by atoms with Gasteiger partial charge in [-0.3, -0.25) is 0 Å². The molecule has 0 spiro atoms. The number of allylic oxidation sites excluding steroid dienone is 1. The zero-order valence-electron chi connectivity index (χ0n) is 6.13. The van der Waals surface area contributed by atoms with Crippen molar-refractivity contribution in [3.8, 4) is 0 Å². The van der Waals surface area contributed by atoms with E-state index in [1.807, 2.05) is 6.92 Å². The number of ether oxygens (including phenoxy) is 1. The minimum atomic E-state index is 0.407. The molecule has 1 fully saturated rings. The van der Waals surface area contributed by atoms with Gasteiger partial charge in [0.05, 0.1) is 12.7 Å². The maximum Gasteiger partial charge on any atom is 0.0759 e. The highest BCUT2D eigenvalue weighted by atomic mass is 16.5. The van der Waals surface area contributed by atoms with Crippen molar-refractivity contribution >= 4 is 0 Å². The third-order valence-corrected chi connectivity index (χ3v) is 1.64. The van der Waals surface area contributed by atoms with Crippen LogP contribution in [0.2, 0.25) is 0 Å². The van der Waals surface area contributed by atoms with E-state index in [2.05, 4.69) is 19.1 Å². The van der Waals surface area contributed by atoms with Crippen molar-refractivity contribution in [3.63, 3.8) is 0 Å². The molecule has 0 N–H and O–H groups in total. The van der Waals surface area contributed by atoms with E-state index in [-0.39, 0.29) is 0 Å². The first kappa shape index (κ1) is 6.81. The molecule has 0 amide bonds. The minimum Gasteiger partial charge on any atom is -0.374 e. The van der Waals surface area contributed by atoms with Gasteiger partial charge in [0.2, 0.25) is 0 Å². The van der Waals surface area contributed by atoms with Crippen LogP contribution < -0.4 is 0 Å². The molecule has 1 aliphatic rings. The van der Waals surface area contributed by atoms with Gasteiger partial charge in [-0.25, -0.2) is 0 Å². The third kappa shape index (κ3) is 1.83. The summed E-state index contributed by atoms with van der Waals surface area (Å²) in [7, 11) is 0. The summed E-state index contributed by atoms with van der Waals surface area (Å²) in [6.07, 6.45) is 5.79. The lowest BCUT2D eigenvalue weighted by molar-refractivity contribution is 0.140. The molecule has 0 aromatic heterocycles. The van der Waals surface area contributed by atoms with Crippen LogP contribution in [0.3, 0.4) is 0 Å². The second kappa shape index (κ2) is 3.02. The van der Waals surface area contributed by atoms with Crippen LogP contribution in [0.15, 0.2) is 12.2 Å². The van der Waals surface area contributed by atoms with Crippen molar-refractivity contribution in [1.82, 2.24) is 0 Å². The fourth-order valence-electron chi connectivity index (χ4n) is 1.17. The Morgan fingerprint density at radius 2 is 2.33 bits per heavy atom. The highest BCUT2D eigenvalue weighted by molar-refractivity contribution is 4.90. The first-order valence-corrected chi connectivity index (χ1v) is 3.57. The Bertz CT molecular complexity index is 107. The molecule has 0 saturated carbocycles. The highest BCUT2D eigenvalue weighted by Crippen LogP contribution is 2.18. The van der Waals surface area contributed by atoms with E-state index < -0.39 is 0 Å². The number of hydrogen-bond acceptors (Lipinski definition) is 1. The summed E-state index contributed by atoms with van der Waals surface area (Å²) in [5.41, 5.74) is 0. The van der Waals surface area contributed by atoms with Crippen molar-refractivity contribution in [2.24, 2.45) is 5.92 Å². The number of rotatable bonds is 1. The molecular weight excluding hydrogens is 112 g/mol. The average molecular weight is 126 g/mol. The van der Waals surface area contributed by atoms with Crippen LogP contribution in [0.5, 0.6) is 0 Å². The summed E-state index contributed by atoms with van der Waals surface area (Å²) in [6, 6.07) is 0. The summed E-state index contributed by atoms with van der Waals surface area (Å²) in [5, 5.41) is 0. The molecule has 1 nitrogen and oxygen atoms in total. The van der Waals surface area contributed by atoms with E-state index in [0.717, 1.165) is 12.5 Å². The fourth-order valence-corrected chi connectivity index (χ4v) is 1.17. The van der Waals surface area contributed by atoms with Crippen molar-refractivity contribution in [3.05, 3.63) is 12.2 Å². The lowest BCUT2D eigenvalue weighted by Gasteiger charge is -1.98. The zero-order chi connectivity index (χ0) is 6.69. The van der Waals surface area contributed by atoms with Gasteiger partial charge in [-0.15, -0.1) is 0 Å². The van der Waals surface area contributed by atoms with Crippen molar-refractivity contribution in [2.75, 3.05) is 6.61 Å². The lowest BCUT2D eigenvalue weighted by atomic mass is 10.1. The molecule has 0 aliphatic carbocycles. The van der Waals surface area contributed by atoms with E-state index in [1.165, 1.54) is 6.42 Å². The van der Waals surface area contributed by atoms with Gasteiger partial charge in [-0.05, 0) is 19.3 Å². The number of hydrogen-bond donors (Lipinski definition) is 0. The van der Waals surface area contributed by atoms with Gasteiger partial charge in [0.1, 0.15) is 0 Å². The lowest BCUT2D eigenvalue weighted by Crippen LogP contribution is -1.98. The van der Waals surface area contributed by atoms with Gasteiger partial charge in [-0.1, -0.05) is 19.1 Å². The molecular formula is C8H14O. The van der Waals surface area contributed by atoms with Crippen LogP contribution in [0.1, 0.15) is 20.3 Å². The summed E-state index contributed by atoms with van der Waals surface area (Å²) in [6.45, 7) is 5.20. The molecule has 9 heavy (non-hydrogen) atoms. The molecule has 1 heteroatoms. The second-order valence-electron chi connectivity index (χ2n) is 2.74. The van der Waals surface area contributed by atoms with Gasteiger partial charge in [-0.2, -0.15) is 0 Å². The predicted octanol–water partition coefficient (Wildman–Crippen LogP) is 1.99. The quantitative estimate of drug-likeness (QED) is 0.488. The van der Waals surface area contributed by atoms with Crippen LogP contribution in [-0.2, 0) is 4.74 Å². The fraction of sp³-hybridized carbons (Fsp3) is 0.750. The van der Waals surface area contributed by atoms with Crippen LogP contribution in [0, 0.1) is 5.92 Å². The Hall–Kier alpha value is -0.300. The zero-order valence-corrected chi connectivity index (χ0v) is 6.13. The summed E-state index contributed by atoms with van der Waals surface area (Å²) in [4.78, 5) is 0. The predicted molar refractivity (Wildman–Crippen MR) is 38.3 cm³/mol. The highest BCUT2D eigenvalue weighted by Gasteiger charge is 2.18. The van der Waals surface area contributed by atoms with Crippen molar-refractivity contribution in [2.45, 2.75) is 26.4 Å². The monoisotopic (exact) mass is 126 g/mol. The third-order valence-electron chi connectivity index (χ3n) is 1.64. The Kier molecular flexibility index (Phi) is 2.29. The van der Waals surface area contributed by atoms with Crippen molar-refractivity contribution in [1.29, 1.82) is 0 Å². The van der Waals surface area contributed by atoms with E-state index in [1.54, 1.807) is 0 Å². The van der Waals surface area contributed by atoms with E-state index >= 15 is 0 Å². The van der Waals surface area contributed by atoms with Gasteiger partial charge in [0.25, 0.3) is 0 Å². The van der Waals surface area contributed by atoms with Crippen LogP contribution >= 0.6 is 0 Å². The standard InChI is InChI=1S/C8H14O/c1-3-4-8-5-7(2)6-9-8/h3-4,7-8H,5-6H2,1-2H3/b4-3-. The molecule has 0 bridgehead atoms. The van der Waals surface area contributed by atoms with Crippen LogP contribution in [0.4, 0.5) is 0 Å². The smallest absolute Gasteiger partial charge is 0.0759 e. The SMILES string of the molecule is C/C=C\C1CC(C)CO1. The Morgan fingerprint density at radius 3 is 2.78 bits per heavy atom. The summed E-state index contributed by atoms with van der Waals surface area (Å²) >= 11 is 0. The molecule has 0 aromatic carbocycles. The Morgan fingerprint density at radius 1 is 1.56 bits per heavy atom. The van der Waals surface area contributed by atoms with Gasteiger partial charge >= 0.3 is 0 Å². The molecule has 1 heterocycles. The molecule has 1 rings (SSSR count). The summed E-state index contributed by atoms with van der Waals surface area (Å²) < 4.78 is 5.42. The molecule has 1 aliphatic heterocycles. The molecule has 52 valence electrons. The van der Waals surface area contributed by atoms with Crippen molar-refractivity contribution < 1.29 is 4.74 Å². The first-order valence-electron chi connectivity index (χ1n) is 3.57. The Balaban J connectivity index is 2.30. The molecule has 1 saturated heterocycles. The molecule has 2 unspecified atom stereocenters. The molecule has 0 radical (unpaired) electrons. The molecule has 0 aromatic rings. The van der Waals surface area contributed by atoms with Gasteiger partial charge in [0.15, 0.2) is 0 Å². The summed E-state index contributed by atoms with van der Waals surface area (Å²) in [5.74, 6) is 0.756. The van der Waals surface area contributed by atoms with Gasteiger partial charge in [0, 0.05) is 0 Å². The Labute approximate surface area is 56.7 Å². The second-order valence-corrected chi connectivity index (χ2v) is 2.74. The van der Waals surface area contributed by atoms with Crippen LogP contribution in [-0.4, -0.2) is 12.7 Å². The first-order chi connectivity index (χ1) is 4.33. The largest absolute Gasteiger partial charge is 0.374 e. The van der Waals surface area contributed by atoms with E-state index in [0.29, 0.717) is 6.10 Å². The molecule has 2 atom stereocenters.